The van der Waals surface area contributed by atoms with Gasteiger partial charge in [-0.1, -0.05) is 20.8 Å². The second kappa shape index (κ2) is 5.70. The second-order valence-electron chi connectivity index (χ2n) is 7.45. The maximum absolute atomic E-state index is 11.9. The fourth-order valence-electron chi connectivity index (χ4n) is 2.25. The fourth-order valence-corrected chi connectivity index (χ4v) is 2.25. The highest BCUT2D eigenvalue weighted by atomic mass is 16.5. The average Bonchev–Trinajstić information content (AvgIpc) is 2.57. The topological polar surface area (TPSA) is 38.3 Å². The smallest absolute Gasteiger partial charge is 0.163 e. The van der Waals surface area contributed by atoms with Gasteiger partial charge in [-0.05, 0) is 40.0 Å². The van der Waals surface area contributed by atoms with E-state index >= 15 is 0 Å². The molecular weight excluding hydrogens is 226 g/mol. The van der Waals surface area contributed by atoms with Crippen molar-refractivity contribution in [2.75, 3.05) is 6.61 Å². The highest BCUT2D eigenvalue weighted by molar-refractivity contribution is 5.84. The first-order valence-electron chi connectivity index (χ1n) is 7.02. The van der Waals surface area contributed by atoms with Gasteiger partial charge in [-0.3, -0.25) is 4.79 Å². The molecule has 3 heteroatoms. The Morgan fingerprint density at radius 1 is 1.17 bits per heavy atom. The molecule has 2 unspecified atom stereocenters. The van der Waals surface area contributed by atoms with E-state index in [1.54, 1.807) is 0 Å². The molecule has 106 valence electrons. The first-order chi connectivity index (χ1) is 8.09. The van der Waals surface area contributed by atoms with Gasteiger partial charge in [0.15, 0.2) is 5.78 Å². The van der Waals surface area contributed by atoms with Gasteiger partial charge in [0.25, 0.3) is 0 Å². The minimum Gasteiger partial charge on any atom is -0.369 e. The average molecular weight is 255 g/mol. The summed E-state index contributed by atoms with van der Waals surface area (Å²) in [5, 5.41) is 3.59. The Labute approximate surface area is 112 Å². The molecular formula is C15H29NO2. The van der Waals surface area contributed by atoms with Gasteiger partial charge in [0.1, 0.15) is 6.61 Å². The largest absolute Gasteiger partial charge is 0.369 e. The third kappa shape index (κ3) is 5.07. The van der Waals surface area contributed by atoms with Crippen molar-refractivity contribution in [3.8, 4) is 0 Å². The lowest BCUT2D eigenvalue weighted by Gasteiger charge is -2.30. The van der Waals surface area contributed by atoms with E-state index in [1.165, 1.54) is 6.42 Å². The SMILES string of the molecule is CC(C)(C)NC1CCCC1OCC(=O)C(C)(C)C. The fraction of sp³-hybridized carbons (Fsp3) is 0.933. The summed E-state index contributed by atoms with van der Waals surface area (Å²) in [6.45, 7) is 12.6. The maximum Gasteiger partial charge on any atom is 0.163 e. The molecule has 0 aromatic carbocycles. The van der Waals surface area contributed by atoms with Crippen molar-refractivity contribution in [3.05, 3.63) is 0 Å². The molecule has 0 aromatic heterocycles. The highest BCUT2D eigenvalue weighted by Crippen LogP contribution is 2.25. The zero-order valence-corrected chi connectivity index (χ0v) is 12.8. The molecule has 1 N–H and O–H groups in total. The van der Waals surface area contributed by atoms with Crippen LogP contribution in [0.2, 0.25) is 0 Å². The summed E-state index contributed by atoms with van der Waals surface area (Å²) in [6, 6.07) is 0.387. The summed E-state index contributed by atoms with van der Waals surface area (Å²) in [5.41, 5.74) is -0.198. The standard InChI is InChI=1S/C15H29NO2/c1-14(2,3)13(17)10-18-12-9-7-8-11(12)16-15(4,5)6/h11-12,16H,7-10H2,1-6H3. The van der Waals surface area contributed by atoms with Crippen molar-refractivity contribution in [2.24, 2.45) is 5.41 Å². The van der Waals surface area contributed by atoms with E-state index in [1.807, 2.05) is 20.8 Å². The zero-order valence-electron chi connectivity index (χ0n) is 12.8. The van der Waals surface area contributed by atoms with Gasteiger partial charge in [-0.15, -0.1) is 0 Å². The molecule has 0 radical (unpaired) electrons. The van der Waals surface area contributed by atoms with E-state index < -0.39 is 0 Å². The molecule has 1 fully saturated rings. The zero-order chi connectivity index (χ0) is 14.0. The van der Waals surface area contributed by atoms with Crippen LogP contribution in [0.1, 0.15) is 60.8 Å². The third-order valence-electron chi connectivity index (χ3n) is 3.34. The van der Waals surface area contributed by atoms with Crippen molar-refractivity contribution < 1.29 is 9.53 Å². The van der Waals surface area contributed by atoms with Crippen LogP contribution in [-0.4, -0.2) is 30.1 Å². The first-order valence-corrected chi connectivity index (χ1v) is 7.02. The predicted molar refractivity (Wildman–Crippen MR) is 74.7 cm³/mol. The Hall–Kier alpha value is -0.410. The number of carbonyl (C=O) groups is 1. The Bertz CT molecular complexity index is 286. The maximum atomic E-state index is 11.9. The van der Waals surface area contributed by atoms with E-state index in [4.69, 9.17) is 4.74 Å². The molecule has 1 aliphatic rings. The van der Waals surface area contributed by atoms with Crippen LogP contribution >= 0.6 is 0 Å². The summed E-state index contributed by atoms with van der Waals surface area (Å²) in [5.74, 6) is 0.184. The summed E-state index contributed by atoms with van der Waals surface area (Å²) < 4.78 is 5.84. The molecule has 2 atom stereocenters. The normalized spacial score (nSPS) is 25.4. The van der Waals surface area contributed by atoms with Crippen LogP contribution in [0.5, 0.6) is 0 Å². The Kier molecular flexibility index (Phi) is 4.96. The number of hydrogen-bond acceptors (Lipinski definition) is 3. The Balaban J connectivity index is 2.44. The lowest BCUT2D eigenvalue weighted by Crippen LogP contribution is -2.48. The van der Waals surface area contributed by atoms with Gasteiger partial charge in [-0.25, -0.2) is 0 Å². The number of nitrogens with one attached hydrogen (secondary N) is 1. The van der Waals surface area contributed by atoms with E-state index in [2.05, 4.69) is 26.1 Å². The highest BCUT2D eigenvalue weighted by Gasteiger charge is 2.32. The number of rotatable bonds is 4. The monoisotopic (exact) mass is 255 g/mol. The number of ketones is 1. The number of ether oxygens (including phenoxy) is 1. The summed E-state index contributed by atoms with van der Waals surface area (Å²) >= 11 is 0. The third-order valence-corrected chi connectivity index (χ3v) is 3.34. The lowest BCUT2D eigenvalue weighted by molar-refractivity contribution is -0.133. The second-order valence-corrected chi connectivity index (χ2v) is 7.45. The molecule has 0 heterocycles. The molecule has 1 aliphatic carbocycles. The van der Waals surface area contributed by atoms with E-state index in [-0.39, 0.29) is 29.4 Å². The van der Waals surface area contributed by atoms with Crippen LogP contribution < -0.4 is 5.32 Å². The van der Waals surface area contributed by atoms with Crippen LogP contribution in [0.25, 0.3) is 0 Å². The quantitative estimate of drug-likeness (QED) is 0.839. The van der Waals surface area contributed by atoms with E-state index in [0.717, 1.165) is 12.8 Å². The Morgan fingerprint density at radius 2 is 1.78 bits per heavy atom. The van der Waals surface area contributed by atoms with Gasteiger partial charge < -0.3 is 10.1 Å². The van der Waals surface area contributed by atoms with Crippen LogP contribution in [-0.2, 0) is 9.53 Å². The molecule has 0 saturated heterocycles. The van der Waals surface area contributed by atoms with E-state index in [9.17, 15) is 4.79 Å². The predicted octanol–water partition coefficient (Wildman–Crippen LogP) is 2.93. The molecule has 0 amide bonds. The van der Waals surface area contributed by atoms with Gasteiger partial charge in [-0.2, -0.15) is 0 Å². The van der Waals surface area contributed by atoms with Crippen molar-refractivity contribution >= 4 is 5.78 Å². The first kappa shape index (κ1) is 15.6. The summed E-state index contributed by atoms with van der Waals surface area (Å²) in [4.78, 5) is 11.9. The van der Waals surface area contributed by atoms with Crippen LogP contribution in [0, 0.1) is 5.41 Å². The van der Waals surface area contributed by atoms with Gasteiger partial charge in [0.2, 0.25) is 0 Å². The molecule has 0 aromatic rings. The van der Waals surface area contributed by atoms with Crippen LogP contribution in [0.15, 0.2) is 0 Å². The summed E-state index contributed by atoms with van der Waals surface area (Å²) in [6.07, 6.45) is 3.58. The van der Waals surface area contributed by atoms with Gasteiger partial charge in [0.05, 0.1) is 6.10 Å². The summed E-state index contributed by atoms with van der Waals surface area (Å²) in [7, 11) is 0. The van der Waals surface area contributed by atoms with Crippen molar-refractivity contribution in [2.45, 2.75) is 78.5 Å². The minimum atomic E-state index is -0.300. The minimum absolute atomic E-state index is 0.102. The van der Waals surface area contributed by atoms with Crippen molar-refractivity contribution in [1.82, 2.24) is 5.32 Å². The van der Waals surface area contributed by atoms with Crippen LogP contribution in [0.3, 0.4) is 0 Å². The Morgan fingerprint density at radius 3 is 2.28 bits per heavy atom. The van der Waals surface area contributed by atoms with Crippen LogP contribution in [0.4, 0.5) is 0 Å². The van der Waals surface area contributed by atoms with Gasteiger partial charge >= 0.3 is 0 Å². The van der Waals surface area contributed by atoms with E-state index in [0.29, 0.717) is 6.04 Å². The molecule has 18 heavy (non-hydrogen) atoms. The molecule has 1 saturated carbocycles. The molecule has 3 nitrogen and oxygen atoms in total. The molecule has 0 spiro atoms. The molecule has 0 aliphatic heterocycles. The molecule has 0 bridgehead atoms. The van der Waals surface area contributed by atoms with Crippen molar-refractivity contribution in [3.63, 3.8) is 0 Å². The lowest BCUT2D eigenvalue weighted by atomic mass is 9.91. The molecule has 1 rings (SSSR count). The number of carbonyl (C=O) groups excluding carboxylic acids is 1. The van der Waals surface area contributed by atoms with Gasteiger partial charge in [0, 0.05) is 17.0 Å². The number of hydrogen-bond donors (Lipinski definition) is 1. The van der Waals surface area contributed by atoms with Crippen molar-refractivity contribution in [1.29, 1.82) is 0 Å². The number of Topliss-reactive ketones (excluding diaryl/α,β-unsaturated/α-hetero) is 1.